The third-order valence-electron chi connectivity index (χ3n) is 17.1. The lowest BCUT2D eigenvalue weighted by Gasteiger charge is -2.21. The van der Waals surface area contributed by atoms with Crippen molar-refractivity contribution >= 4 is 39.5 Å². The number of phosphoric acid groups is 2. The van der Waals surface area contributed by atoms with E-state index in [4.69, 9.17) is 37.0 Å². The van der Waals surface area contributed by atoms with E-state index in [1.54, 1.807) is 0 Å². The van der Waals surface area contributed by atoms with Crippen molar-refractivity contribution in [1.82, 2.24) is 0 Å². The number of aliphatic hydroxyl groups is 1. The van der Waals surface area contributed by atoms with Gasteiger partial charge in [-0.2, -0.15) is 0 Å². The third kappa shape index (κ3) is 65.1. The Labute approximate surface area is 556 Å². The molecule has 3 N–H and O–H groups in total. The summed E-state index contributed by atoms with van der Waals surface area (Å²) in [6.45, 7) is 9.57. The summed E-state index contributed by atoms with van der Waals surface area (Å²) in [6, 6.07) is 0. The number of phosphoric ester groups is 2. The summed E-state index contributed by atoms with van der Waals surface area (Å²) in [5.74, 6) is -0.498. The van der Waals surface area contributed by atoms with Crippen molar-refractivity contribution in [2.75, 3.05) is 39.6 Å². The van der Waals surface area contributed by atoms with E-state index < -0.39 is 97.5 Å². The molecule has 0 amide bonds. The third-order valence-corrected chi connectivity index (χ3v) is 19.0. The van der Waals surface area contributed by atoms with Gasteiger partial charge in [-0.1, -0.05) is 318 Å². The minimum Gasteiger partial charge on any atom is -0.462 e. The summed E-state index contributed by atoms with van der Waals surface area (Å²) in [7, 11) is -9.89. The van der Waals surface area contributed by atoms with Crippen LogP contribution in [0.25, 0.3) is 0 Å². The lowest BCUT2D eigenvalue weighted by molar-refractivity contribution is -0.161. The van der Waals surface area contributed by atoms with E-state index in [9.17, 15) is 43.2 Å². The van der Waals surface area contributed by atoms with Crippen molar-refractivity contribution in [2.45, 2.75) is 387 Å². The van der Waals surface area contributed by atoms with Crippen molar-refractivity contribution in [2.24, 2.45) is 11.8 Å². The second kappa shape index (κ2) is 64.1. The Bertz CT molecular complexity index is 1770. The summed E-state index contributed by atoms with van der Waals surface area (Å²) in [5, 5.41) is 10.6. The van der Waals surface area contributed by atoms with E-state index in [1.807, 2.05) is 0 Å². The first kappa shape index (κ1) is 89.1. The first-order valence-electron chi connectivity index (χ1n) is 37.5. The Balaban J connectivity index is 5.15. The molecule has 0 aliphatic rings. The molecular weight excluding hydrogens is 1200 g/mol. The van der Waals surface area contributed by atoms with Crippen LogP contribution in [0.15, 0.2) is 0 Å². The Hall–Kier alpha value is -1.94. The van der Waals surface area contributed by atoms with Crippen LogP contribution in [0.4, 0.5) is 0 Å². The number of carbonyl (C=O) groups excluding carboxylic acids is 4. The molecule has 0 saturated carbocycles. The monoisotopic (exact) mass is 1340 g/mol. The minimum absolute atomic E-state index is 0.105. The van der Waals surface area contributed by atoms with E-state index in [0.29, 0.717) is 25.7 Å². The van der Waals surface area contributed by atoms with Gasteiger partial charge < -0.3 is 33.8 Å². The molecule has 0 saturated heterocycles. The van der Waals surface area contributed by atoms with Gasteiger partial charge in [-0.3, -0.25) is 37.3 Å². The highest BCUT2D eigenvalue weighted by Crippen LogP contribution is 2.45. The number of hydrogen-bond acceptors (Lipinski definition) is 15. The molecule has 0 radical (unpaired) electrons. The number of rotatable bonds is 71. The fourth-order valence-electron chi connectivity index (χ4n) is 10.9. The normalized spacial score (nSPS) is 14.4. The maximum atomic E-state index is 13.1. The molecule has 0 aliphatic carbocycles. The van der Waals surface area contributed by atoms with Crippen LogP contribution < -0.4 is 0 Å². The molecule has 6 atom stereocenters. The Morgan fingerprint density at radius 2 is 0.560 bits per heavy atom. The quantitative estimate of drug-likeness (QED) is 0.0222. The first-order valence-corrected chi connectivity index (χ1v) is 40.5. The van der Waals surface area contributed by atoms with Crippen LogP contribution in [-0.4, -0.2) is 96.7 Å². The number of hydrogen-bond donors (Lipinski definition) is 3. The van der Waals surface area contributed by atoms with Gasteiger partial charge in [-0.05, 0) is 37.5 Å². The predicted octanol–water partition coefficient (Wildman–Crippen LogP) is 20.8. The molecule has 0 heterocycles. The van der Waals surface area contributed by atoms with Gasteiger partial charge in [0.05, 0.1) is 26.4 Å². The zero-order valence-corrected chi connectivity index (χ0v) is 60.9. The van der Waals surface area contributed by atoms with Crippen LogP contribution in [0, 0.1) is 11.8 Å². The van der Waals surface area contributed by atoms with Gasteiger partial charge in [0.2, 0.25) is 0 Å². The van der Waals surface area contributed by atoms with Crippen molar-refractivity contribution in [3.8, 4) is 0 Å². The van der Waals surface area contributed by atoms with Gasteiger partial charge in [0.25, 0.3) is 0 Å². The second-order valence-corrected chi connectivity index (χ2v) is 29.6. The number of esters is 4. The fourth-order valence-corrected chi connectivity index (χ4v) is 12.5. The first-order chi connectivity index (χ1) is 43.9. The molecule has 0 fully saturated rings. The molecule has 17 nitrogen and oxygen atoms in total. The topological polar surface area (TPSA) is 237 Å². The summed E-state index contributed by atoms with van der Waals surface area (Å²) >= 11 is 0. The molecule has 0 spiro atoms. The number of unbranched alkanes of at least 4 members (excludes halogenated alkanes) is 40. The zero-order chi connectivity index (χ0) is 67.2. The van der Waals surface area contributed by atoms with Crippen LogP contribution in [0.1, 0.15) is 369 Å². The number of aliphatic hydroxyl groups excluding tert-OH is 1. The molecule has 0 aromatic rings. The van der Waals surface area contributed by atoms with Gasteiger partial charge in [-0.15, -0.1) is 0 Å². The molecule has 0 aromatic carbocycles. The molecule has 3 unspecified atom stereocenters. The molecule has 0 bridgehead atoms. The fraction of sp³-hybridized carbons (Fsp3) is 0.944. The van der Waals surface area contributed by atoms with Crippen LogP contribution in [0.5, 0.6) is 0 Å². The van der Waals surface area contributed by atoms with E-state index in [0.717, 1.165) is 115 Å². The van der Waals surface area contributed by atoms with Crippen molar-refractivity contribution < 1.29 is 80.2 Å². The smallest absolute Gasteiger partial charge is 0.462 e. The summed E-state index contributed by atoms with van der Waals surface area (Å²) in [6.07, 6.45) is 50.1. The van der Waals surface area contributed by atoms with Gasteiger partial charge in [-0.25, -0.2) is 9.13 Å². The lowest BCUT2D eigenvalue weighted by Crippen LogP contribution is -2.30. The van der Waals surface area contributed by atoms with E-state index >= 15 is 0 Å². The highest BCUT2D eigenvalue weighted by atomic mass is 31.2. The van der Waals surface area contributed by atoms with Gasteiger partial charge in [0.15, 0.2) is 12.2 Å². The highest BCUT2D eigenvalue weighted by molar-refractivity contribution is 7.47. The average molecular weight is 1340 g/mol. The predicted molar refractivity (Wildman–Crippen MR) is 368 cm³/mol. The molecule has 91 heavy (non-hydrogen) atoms. The summed E-state index contributed by atoms with van der Waals surface area (Å²) in [4.78, 5) is 72.4. The summed E-state index contributed by atoms with van der Waals surface area (Å²) in [5.41, 5.74) is 0. The van der Waals surface area contributed by atoms with Crippen LogP contribution >= 0.6 is 15.6 Å². The molecule has 0 aliphatic heterocycles. The molecular formula is C72H140O17P2. The van der Waals surface area contributed by atoms with Crippen LogP contribution in [0.3, 0.4) is 0 Å². The average Bonchev–Trinajstić information content (AvgIpc) is 3.71. The van der Waals surface area contributed by atoms with Crippen molar-refractivity contribution in [1.29, 1.82) is 0 Å². The van der Waals surface area contributed by atoms with Gasteiger partial charge in [0, 0.05) is 25.7 Å². The van der Waals surface area contributed by atoms with E-state index in [2.05, 4.69) is 41.5 Å². The van der Waals surface area contributed by atoms with Crippen LogP contribution in [0.2, 0.25) is 0 Å². The standard InChI is InChI=1S/C72H140O17P2/c1-7-10-12-14-16-29-38-44-50-56-71(76)88-67(60-82-69(74)54-48-42-34-15-13-11-8-2)62-86-90(78,79)84-58-66(73)59-85-91(80,81)87-63-68(61-83-70(75)55-49-43-37-32-28-27-31-36-41-47-53-65(6)9-3)89-72(77)57-51-45-39-33-26-24-22-20-18-17-19-21-23-25-30-35-40-46-52-64(4)5/h64-68,73H,7-63H2,1-6H3,(H,78,79)(H,80,81)/t65?,66-,67+,68+/m0/s1. The molecule has 540 valence electrons. The maximum absolute atomic E-state index is 13.1. The van der Waals surface area contributed by atoms with Crippen molar-refractivity contribution in [3.05, 3.63) is 0 Å². The highest BCUT2D eigenvalue weighted by Gasteiger charge is 2.30. The lowest BCUT2D eigenvalue weighted by atomic mass is 9.99. The van der Waals surface area contributed by atoms with E-state index in [-0.39, 0.29) is 25.7 Å². The molecule has 19 heteroatoms. The van der Waals surface area contributed by atoms with Gasteiger partial charge >= 0.3 is 39.5 Å². The summed E-state index contributed by atoms with van der Waals surface area (Å²) < 4.78 is 68.2. The Morgan fingerprint density at radius 3 is 0.835 bits per heavy atom. The largest absolute Gasteiger partial charge is 0.472 e. The second-order valence-electron chi connectivity index (χ2n) is 26.7. The number of ether oxygens (including phenoxy) is 4. The Morgan fingerprint density at radius 1 is 0.319 bits per heavy atom. The van der Waals surface area contributed by atoms with Gasteiger partial charge in [0.1, 0.15) is 19.3 Å². The minimum atomic E-state index is -4.95. The molecule has 0 aromatic heterocycles. The Kier molecular flexibility index (Phi) is 62.7. The number of carbonyl (C=O) groups is 4. The van der Waals surface area contributed by atoms with Crippen LogP contribution in [-0.2, 0) is 65.4 Å². The SMILES string of the molecule is CCCCCCCCCCCC(=O)O[C@H](COC(=O)CCCCCCCCC)COP(=O)(O)OC[C@H](O)COP(=O)(O)OC[C@@H](COC(=O)CCCCCCCCCCCCC(C)CC)OC(=O)CCCCCCCCCCCCCCCCCCCCC(C)C. The van der Waals surface area contributed by atoms with Crippen molar-refractivity contribution in [3.63, 3.8) is 0 Å². The van der Waals surface area contributed by atoms with E-state index in [1.165, 1.54) is 173 Å². The zero-order valence-electron chi connectivity index (χ0n) is 59.1. The molecule has 0 rings (SSSR count). The maximum Gasteiger partial charge on any atom is 0.472 e.